The highest BCUT2D eigenvalue weighted by Gasteiger charge is 2.28. The molecule has 1 aliphatic heterocycles. The predicted molar refractivity (Wildman–Crippen MR) is 47.6 cm³/mol. The highest BCUT2D eigenvalue weighted by molar-refractivity contribution is 4.72. The molecule has 1 heterocycles. The largest absolute Gasteiger partial charge is 0.381 e. The number of hydrogen-bond acceptors (Lipinski definition) is 3. The zero-order valence-electron chi connectivity index (χ0n) is 7.99. The molecule has 1 N–H and O–H groups in total. The van der Waals surface area contributed by atoms with Crippen LogP contribution in [0.25, 0.3) is 0 Å². The number of nitrogens with zero attached hydrogens (tertiary/aromatic N) is 1. The molecule has 72 valence electrons. The molecule has 1 aliphatic rings. The van der Waals surface area contributed by atoms with E-state index in [0.717, 1.165) is 13.2 Å². The van der Waals surface area contributed by atoms with Crippen molar-refractivity contribution in [3.05, 3.63) is 0 Å². The van der Waals surface area contributed by atoms with Gasteiger partial charge in [-0.1, -0.05) is 20.3 Å². The minimum atomic E-state index is 0.124. The lowest BCUT2D eigenvalue weighted by Gasteiger charge is -2.25. The molecule has 0 aliphatic carbocycles. The average Bonchev–Trinajstić information content (AvgIpc) is 2.51. The van der Waals surface area contributed by atoms with Gasteiger partial charge in [0.2, 0.25) is 0 Å². The molecule has 1 fully saturated rings. The summed E-state index contributed by atoms with van der Waals surface area (Å²) in [5, 5.41) is 9.00. The van der Waals surface area contributed by atoms with E-state index >= 15 is 0 Å². The number of hydrogen-bond donors (Lipinski definition) is 1. The van der Waals surface area contributed by atoms with Gasteiger partial charge in [-0.05, 0) is 12.3 Å². The Balaban J connectivity index is 2.38. The number of rotatable bonds is 4. The monoisotopic (exact) mass is 173 g/mol. The third kappa shape index (κ3) is 2.19. The molecular weight excluding hydrogens is 154 g/mol. The van der Waals surface area contributed by atoms with Gasteiger partial charge in [-0.25, -0.2) is 0 Å². The van der Waals surface area contributed by atoms with Crippen LogP contribution in [0.2, 0.25) is 0 Å². The van der Waals surface area contributed by atoms with Crippen molar-refractivity contribution in [2.75, 3.05) is 19.9 Å². The average molecular weight is 173 g/mol. The number of ether oxygens (including phenoxy) is 1. The minimum Gasteiger partial charge on any atom is -0.381 e. The van der Waals surface area contributed by atoms with Crippen molar-refractivity contribution < 1.29 is 9.84 Å². The first-order valence-corrected chi connectivity index (χ1v) is 4.76. The van der Waals surface area contributed by atoms with E-state index in [1.54, 1.807) is 0 Å². The molecule has 0 radical (unpaired) electrons. The number of aliphatic hydroxyl groups excluding tert-OH is 1. The minimum absolute atomic E-state index is 0.124. The Kier molecular flexibility index (Phi) is 3.98. The molecule has 2 unspecified atom stereocenters. The van der Waals surface area contributed by atoms with Crippen LogP contribution in [0, 0.1) is 5.92 Å². The second kappa shape index (κ2) is 4.80. The van der Waals surface area contributed by atoms with Crippen molar-refractivity contribution in [2.24, 2.45) is 5.92 Å². The lowest BCUT2D eigenvalue weighted by molar-refractivity contribution is -0.0425. The van der Waals surface area contributed by atoms with E-state index in [-0.39, 0.29) is 13.0 Å². The smallest absolute Gasteiger partial charge is 0.115 e. The molecule has 0 spiro atoms. The summed E-state index contributed by atoms with van der Waals surface area (Å²) in [5.74, 6) is 0.532. The van der Waals surface area contributed by atoms with E-state index in [2.05, 4.69) is 13.8 Å². The van der Waals surface area contributed by atoms with Gasteiger partial charge in [0.15, 0.2) is 0 Å². The predicted octanol–water partition coefficient (Wildman–Crippen LogP) is 1.03. The molecule has 2 atom stereocenters. The Morgan fingerprint density at radius 2 is 2.42 bits per heavy atom. The van der Waals surface area contributed by atoms with E-state index in [4.69, 9.17) is 9.84 Å². The fourth-order valence-corrected chi connectivity index (χ4v) is 1.80. The van der Waals surface area contributed by atoms with Gasteiger partial charge in [-0.2, -0.15) is 0 Å². The summed E-state index contributed by atoms with van der Waals surface area (Å²) in [4.78, 5) is 1.99. The van der Waals surface area contributed by atoms with Crippen LogP contribution < -0.4 is 0 Å². The highest BCUT2D eigenvalue weighted by Crippen LogP contribution is 2.20. The Bertz CT molecular complexity index is 130. The van der Waals surface area contributed by atoms with Gasteiger partial charge >= 0.3 is 0 Å². The van der Waals surface area contributed by atoms with Gasteiger partial charge < -0.3 is 9.84 Å². The summed E-state index contributed by atoms with van der Waals surface area (Å²) in [7, 11) is 0. The maximum absolute atomic E-state index is 9.00. The Labute approximate surface area is 74.3 Å². The summed E-state index contributed by atoms with van der Waals surface area (Å²) in [5.41, 5.74) is 0. The summed E-state index contributed by atoms with van der Waals surface area (Å²) in [6.07, 6.45) is 2.50. The zero-order valence-corrected chi connectivity index (χ0v) is 7.99. The van der Waals surface area contributed by atoms with Crippen molar-refractivity contribution in [3.8, 4) is 0 Å². The first-order valence-electron chi connectivity index (χ1n) is 4.76. The first-order chi connectivity index (χ1) is 5.79. The molecule has 0 bridgehead atoms. The fourth-order valence-electron chi connectivity index (χ4n) is 1.80. The normalized spacial score (nSPS) is 27.8. The van der Waals surface area contributed by atoms with Crippen LogP contribution in [0.4, 0.5) is 0 Å². The molecule has 0 aromatic rings. The van der Waals surface area contributed by atoms with E-state index in [9.17, 15) is 0 Å². The second-order valence-corrected chi connectivity index (χ2v) is 3.48. The Morgan fingerprint density at radius 1 is 1.67 bits per heavy atom. The van der Waals surface area contributed by atoms with Crippen LogP contribution in [0.15, 0.2) is 0 Å². The van der Waals surface area contributed by atoms with Crippen LogP contribution in [0.5, 0.6) is 0 Å². The lowest BCUT2D eigenvalue weighted by atomic mass is 10.0. The van der Waals surface area contributed by atoms with Crippen molar-refractivity contribution in [2.45, 2.75) is 32.9 Å². The highest BCUT2D eigenvalue weighted by atomic mass is 16.5. The zero-order chi connectivity index (χ0) is 8.97. The number of aliphatic hydroxyl groups is 1. The maximum atomic E-state index is 9.00. The Morgan fingerprint density at radius 3 is 3.00 bits per heavy atom. The molecule has 12 heavy (non-hydrogen) atoms. The van der Waals surface area contributed by atoms with E-state index in [0.29, 0.717) is 5.92 Å². The van der Waals surface area contributed by atoms with Gasteiger partial charge in [0.25, 0.3) is 0 Å². The molecule has 0 aromatic carbocycles. The van der Waals surface area contributed by atoms with Crippen LogP contribution >= 0.6 is 0 Å². The standard InChI is InChI=1S/C9H19NO2/c1-3-4-8(2)9-10(7-11)5-6-12-9/h8-9,11H,3-7H2,1-2H3. The molecule has 0 amide bonds. The summed E-state index contributed by atoms with van der Waals surface area (Å²) in [6.45, 7) is 6.12. The van der Waals surface area contributed by atoms with E-state index in [1.165, 1.54) is 12.8 Å². The summed E-state index contributed by atoms with van der Waals surface area (Å²) in [6, 6.07) is 0. The molecule has 3 nitrogen and oxygen atoms in total. The van der Waals surface area contributed by atoms with Crippen molar-refractivity contribution in [1.29, 1.82) is 0 Å². The van der Waals surface area contributed by atoms with Crippen LogP contribution in [0.1, 0.15) is 26.7 Å². The van der Waals surface area contributed by atoms with Crippen molar-refractivity contribution in [3.63, 3.8) is 0 Å². The molecule has 0 saturated carbocycles. The van der Waals surface area contributed by atoms with Gasteiger partial charge in [0.05, 0.1) is 13.3 Å². The summed E-state index contributed by atoms with van der Waals surface area (Å²) >= 11 is 0. The van der Waals surface area contributed by atoms with Gasteiger partial charge in [-0.15, -0.1) is 0 Å². The topological polar surface area (TPSA) is 32.7 Å². The fraction of sp³-hybridized carbons (Fsp3) is 1.00. The molecule has 3 heteroatoms. The summed E-state index contributed by atoms with van der Waals surface area (Å²) < 4.78 is 5.54. The van der Waals surface area contributed by atoms with Gasteiger partial charge in [0, 0.05) is 6.54 Å². The Hall–Kier alpha value is -0.120. The van der Waals surface area contributed by atoms with Crippen LogP contribution in [-0.2, 0) is 4.74 Å². The molecule has 0 aromatic heterocycles. The lowest BCUT2D eigenvalue weighted by Crippen LogP contribution is -2.35. The first kappa shape index (κ1) is 9.96. The SMILES string of the molecule is CCCC(C)C1OCCN1CO. The third-order valence-corrected chi connectivity index (χ3v) is 2.44. The third-order valence-electron chi connectivity index (χ3n) is 2.44. The quantitative estimate of drug-likeness (QED) is 0.689. The van der Waals surface area contributed by atoms with Crippen molar-refractivity contribution >= 4 is 0 Å². The molecule has 1 saturated heterocycles. The van der Waals surface area contributed by atoms with Crippen molar-refractivity contribution in [1.82, 2.24) is 4.90 Å². The van der Waals surface area contributed by atoms with E-state index < -0.39 is 0 Å². The second-order valence-electron chi connectivity index (χ2n) is 3.48. The van der Waals surface area contributed by atoms with Crippen LogP contribution in [-0.4, -0.2) is 36.1 Å². The van der Waals surface area contributed by atoms with Gasteiger partial charge in [0.1, 0.15) is 6.23 Å². The van der Waals surface area contributed by atoms with Crippen LogP contribution in [0.3, 0.4) is 0 Å². The van der Waals surface area contributed by atoms with Gasteiger partial charge in [-0.3, -0.25) is 4.90 Å². The molecule has 1 rings (SSSR count). The van der Waals surface area contributed by atoms with E-state index in [1.807, 2.05) is 4.90 Å². The molecular formula is C9H19NO2. The maximum Gasteiger partial charge on any atom is 0.115 e.